The van der Waals surface area contributed by atoms with E-state index in [-0.39, 0.29) is 0 Å². The van der Waals surface area contributed by atoms with Crippen molar-refractivity contribution in [2.45, 2.75) is 0 Å². The van der Waals surface area contributed by atoms with E-state index in [0.29, 0.717) is 5.56 Å². The molecule has 0 aliphatic carbocycles. The number of hydrogen-bond donors (Lipinski definition) is 2. The average molecular weight is 211 g/mol. The highest BCUT2D eigenvalue weighted by atomic mass is 16.1. The number of aromatic nitrogens is 2. The highest BCUT2D eigenvalue weighted by Crippen LogP contribution is 2.23. The van der Waals surface area contributed by atoms with Crippen molar-refractivity contribution in [1.29, 1.82) is 0 Å². The van der Waals surface area contributed by atoms with Gasteiger partial charge in [-0.3, -0.25) is 9.78 Å². The molecule has 0 spiro atoms. The van der Waals surface area contributed by atoms with Gasteiger partial charge in [0.05, 0.1) is 11.0 Å². The summed E-state index contributed by atoms with van der Waals surface area (Å²) in [5.41, 5.74) is 8.52. The number of pyridine rings is 1. The Hall–Kier alpha value is -2.36. The summed E-state index contributed by atoms with van der Waals surface area (Å²) < 4.78 is 0. The van der Waals surface area contributed by atoms with Crippen LogP contribution in [0.15, 0.2) is 36.5 Å². The van der Waals surface area contributed by atoms with Crippen molar-refractivity contribution in [3.05, 3.63) is 42.1 Å². The van der Waals surface area contributed by atoms with Crippen molar-refractivity contribution >= 4 is 27.8 Å². The molecule has 0 radical (unpaired) electrons. The third kappa shape index (κ3) is 1.16. The third-order valence-corrected chi connectivity index (χ3v) is 2.64. The Morgan fingerprint density at radius 1 is 1.25 bits per heavy atom. The van der Waals surface area contributed by atoms with Gasteiger partial charge in [-0.2, -0.15) is 0 Å². The SMILES string of the molecule is NC(=O)c1ccc2[nH]c3cccnc3c2c1. The number of nitrogens with two attached hydrogens (primary N) is 1. The van der Waals surface area contributed by atoms with E-state index >= 15 is 0 Å². The lowest BCUT2D eigenvalue weighted by atomic mass is 10.1. The van der Waals surface area contributed by atoms with Crippen LogP contribution in [0.1, 0.15) is 10.4 Å². The van der Waals surface area contributed by atoms with Crippen LogP contribution < -0.4 is 5.73 Å². The van der Waals surface area contributed by atoms with Gasteiger partial charge in [-0.05, 0) is 30.3 Å². The summed E-state index contributed by atoms with van der Waals surface area (Å²) in [6, 6.07) is 9.14. The average Bonchev–Trinajstić information content (AvgIpc) is 2.66. The quantitative estimate of drug-likeness (QED) is 0.644. The van der Waals surface area contributed by atoms with Gasteiger partial charge in [0.15, 0.2) is 0 Å². The predicted molar refractivity (Wildman–Crippen MR) is 62.1 cm³/mol. The van der Waals surface area contributed by atoms with Crippen LogP contribution in [-0.4, -0.2) is 15.9 Å². The normalized spacial score (nSPS) is 11.0. The molecule has 78 valence electrons. The first-order valence-electron chi connectivity index (χ1n) is 4.92. The lowest BCUT2D eigenvalue weighted by molar-refractivity contribution is 0.100. The highest BCUT2D eigenvalue weighted by Gasteiger charge is 2.07. The van der Waals surface area contributed by atoms with Crippen LogP contribution in [0, 0.1) is 0 Å². The number of benzene rings is 1. The van der Waals surface area contributed by atoms with Crippen molar-refractivity contribution in [1.82, 2.24) is 9.97 Å². The van der Waals surface area contributed by atoms with Gasteiger partial charge in [0.1, 0.15) is 0 Å². The number of rotatable bonds is 1. The topological polar surface area (TPSA) is 71.8 Å². The number of nitrogens with zero attached hydrogens (tertiary/aromatic N) is 1. The molecular formula is C12H9N3O. The van der Waals surface area contributed by atoms with Gasteiger partial charge in [0.2, 0.25) is 5.91 Å². The Bertz CT molecular complexity index is 700. The second-order valence-electron chi connectivity index (χ2n) is 3.65. The summed E-state index contributed by atoms with van der Waals surface area (Å²) in [6.07, 6.45) is 1.73. The minimum absolute atomic E-state index is 0.424. The number of nitrogens with one attached hydrogen (secondary N) is 1. The molecule has 2 aromatic heterocycles. The zero-order chi connectivity index (χ0) is 11.1. The molecule has 3 N–H and O–H groups in total. The van der Waals surface area contributed by atoms with E-state index in [1.807, 2.05) is 18.2 Å². The fourth-order valence-corrected chi connectivity index (χ4v) is 1.87. The maximum atomic E-state index is 11.1. The maximum Gasteiger partial charge on any atom is 0.248 e. The zero-order valence-corrected chi connectivity index (χ0v) is 8.40. The minimum atomic E-state index is -0.424. The molecule has 0 unspecified atom stereocenters. The summed E-state index contributed by atoms with van der Waals surface area (Å²) in [5, 5.41) is 0.923. The van der Waals surface area contributed by atoms with Crippen LogP contribution in [0.2, 0.25) is 0 Å². The van der Waals surface area contributed by atoms with Crippen molar-refractivity contribution in [3.63, 3.8) is 0 Å². The van der Waals surface area contributed by atoms with Crippen LogP contribution in [0.5, 0.6) is 0 Å². The molecule has 1 aromatic carbocycles. The van der Waals surface area contributed by atoms with Crippen LogP contribution in [0.25, 0.3) is 21.9 Å². The molecule has 0 saturated carbocycles. The molecule has 0 aliphatic heterocycles. The van der Waals surface area contributed by atoms with Crippen molar-refractivity contribution in [2.75, 3.05) is 0 Å². The van der Waals surface area contributed by atoms with Gasteiger partial charge < -0.3 is 10.7 Å². The zero-order valence-electron chi connectivity index (χ0n) is 8.40. The van der Waals surface area contributed by atoms with E-state index in [9.17, 15) is 4.79 Å². The Morgan fingerprint density at radius 2 is 2.12 bits per heavy atom. The predicted octanol–water partition coefficient (Wildman–Crippen LogP) is 1.81. The van der Waals surface area contributed by atoms with Crippen LogP contribution in [-0.2, 0) is 0 Å². The largest absolute Gasteiger partial charge is 0.366 e. The van der Waals surface area contributed by atoms with E-state index in [2.05, 4.69) is 9.97 Å². The third-order valence-electron chi connectivity index (χ3n) is 2.64. The first-order valence-corrected chi connectivity index (χ1v) is 4.92. The van der Waals surface area contributed by atoms with E-state index in [1.54, 1.807) is 18.3 Å². The molecule has 0 aliphatic rings. The number of amides is 1. The number of hydrogen-bond acceptors (Lipinski definition) is 2. The molecule has 4 nitrogen and oxygen atoms in total. The fraction of sp³-hybridized carbons (Fsp3) is 0. The molecule has 0 fully saturated rings. The first-order chi connectivity index (χ1) is 7.75. The summed E-state index contributed by atoms with van der Waals surface area (Å²) in [4.78, 5) is 18.6. The summed E-state index contributed by atoms with van der Waals surface area (Å²) in [7, 11) is 0. The van der Waals surface area contributed by atoms with E-state index in [1.165, 1.54) is 0 Å². The Labute approximate surface area is 91.1 Å². The van der Waals surface area contributed by atoms with Crippen LogP contribution >= 0.6 is 0 Å². The smallest absolute Gasteiger partial charge is 0.248 e. The van der Waals surface area contributed by atoms with Crippen LogP contribution in [0.3, 0.4) is 0 Å². The maximum absolute atomic E-state index is 11.1. The molecule has 0 bridgehead atoms. The second kappa shape index (κ2) is 3.06. The number of carbonyl (C=O) groups is 1. The highest BCUT2D eigenvalue weighted by molar-refractivity contribution is 6.07. The lowest BCUT2D eigenvalue weighted by Gasteiger charge is -1.95. The summed E-state index contributed by atoms with van der Waals surface area (Å²) in [5.74, 6) is -0.424. The Morgan fingerprint density at radius 3 is 2.94 bits per heavy atom. The van der Waals surface area contributed by atoms with Crippen LogP contribution in [0.4, 0.5) is 0 Å². The standard InChI is InChI=1S/C12H9N3O/c13-12(16)7-3-4-9-8(6-7)11-10(15-9)2-1-5-14-11/h1-6,15H,(H2,13,16). The van der Waals surface area contributed by atoms with Gasteiger partial charge in [-0.15, -0.1) is 0 Å². The van der Waals surface area contributed by atoms with Gasteiger partial charge >= 0.3 is 0 Å². The molecular weight excluding hydrogens is 202 g/mol. The van der Waals surface area contributed by atoms with E-state index < -0.39 is 5.91 Å². The number of primary amides is 1. The number of aromatic amines is 1. The number of H-pyrrole nitrogens is 1. The number of fused-ring (bicyclic) bond motifs is 3. The van der Waals surface area contributed by atoms with E-state index in [0.717, 1.165) is 21.9 Å². The molecule has 3 aromatic rings. The molecule has 16 heavy (non-hydrogen) atoms. The van der Waals surface area contributed by atoms with Gasteiger partial charge in [-0.1, -0.05) is 0 Å². The molecule has 0 atom stereocenters. The Kier molecular flexibility index (Phi) is 1.71. The number of carbonyl (C=O) groups excluding carboxylic acids is 1. The second-order valence-corrected chi connectivity index (χ2v) is 3.65. The van der Waals surface area contributed by atoms with Crippen molar-refractivity contribution in [2.24, 2.45) is 5.73 Å². The van der Waals surface area contributed by atoms with Gasteiger partial charge in [0, 0.05) is 22.7 Å². The lowest BCUT2D eigenvalue weighted by Crippen LogP contribution is -2.10. The molecule has 0 saturated heterocycles. The fourth-order valence-electron chi connectivity index (χ4n) is 1.87. The van der Waals surface area contributed by atoms with Gasteiger partial charge in [-0.25, -0.2) is 0 Å². The summed E-state index contributed by atoms with van der Waals surface area (Å²) in [6.45, 7) is 0. The van der Waals surface area contributed by atoms with Crippen molar-refractivity contribution in [3.8, 4) is 0 Å². The monoisotopic (exact) mass is 211 g/mol. The molecule has 2 heterocycles. The molecule has 4 heteroatoms. The van der Waals surface area contributed by atoms with Crippen molar-refractivity contribution < 1.29 is 4.79 Å². The minimum Gasteiger partial charge on any atom is -0.366 e. The first kappa shape index (κ1) is 8.91. The summed E-state index contributed by atoms with van der Waals surface area (Å²) >= 11 is 0. The van der Waals surface area contributed by atoms with Gasteiger partial charge in [0.25, 0.3) is 0 Å². The molecule has 3 rings (SSSR count). The molecule has 1 amide bonds. The van der Waals surface area contributed by atoms with E-state index in [4.69, 9.17) is 5.73 Å². The Balaban J connectivity index is 2.44.